The van der Waals surface area contributed by atoms with Gasteiger partial charge in [-0.2, -0.15) is 5.26 Å². The summed E-state index contributed by atoms with van der Waals surface area (Å²) >= 11 is 0. The molecule has 0 bridgehead atoms. The number of pyridine rings is 1. The fourth-order valence-electron chi connectivity index (χ4n) is 1.22. The van der Waals surface area contributed by atoms with Crippen LogP contribution in [0.1, 0.15) is 29.3 Å². The highest BCUT2D eigenvalue weighted by atomic mass is 16.1. The number of carbonyl (C=O) groups is 1. The molecule has 1 heterocycles. The van der Waals surface area contributed by atoms with Crippen LogP contribution in [0.3, 0.4) is 0 Å². The third kappa shape index (κ3) is 2.40. The van der Waals surface area contributed by atoms with E-state index >= 15 is 0 Å². The molecule has 0 spiro atoms. The Bertz CT molecular complexity index is 379. The molecule has 1 atom stereocenters. The number of hydrogen-bond donors (Lipinski definition) is 0. The van der Waals surface area contributed by atoms with Crippen LogP contribution < -0.4 is 0 Å². The highest BCUT2D eigenvalue weighted by molar-refractivity contribution is 5.97. The Morgan fingerprint density at radius 3 is 3.00 bits per heavy atom. The summed E-state index contributed by atoms with van der Waals surface area (Å²) in [5.74, 6) is -0.214. The first kappa shape index (κ1) is 10.4. The second kappa shape index (κ2) is 4.52. The van der Waals surface area contributed by atoms with Crippen LogP contribution in [0.5, 0.6) is 0 Å². The van der Waals surface area contributed by atoms with Gasteiger partial charge < -0.3 is 0 Å². The molecule has 0 aromatic carbocycles. The van der Waals surface area contributed by atoms with Gasteiger partial charge in [-0.05, 0) is 25.5 Å². The maximum absolute atomic E-state index is 11.7. The molecule has 1 rings (SSSR count). The molecule has 0 aliphatic rings. The number of nitrogens with zero attached hydrogens (tertiary/aromatic N) is 2. The van der Waals surface area contributed by atoms with Gasteiger partial charge in [0.1, 0.15) is 0 Å². The highest BCUT2D eigenvalue weighted by Crippen LogP contribution is 2.11. The lowest BCUT2D eigenvalue weighted by atomic mass is 9.99. The van der Waals surface area contributed by atoms with Crippen molar-refractivity contribution in [1.82, 2.24) is 4.98 Å². The second-order valence-electron chi connectivity index (χ2n) is 3.35. The van der Waals surface area contributed by atoms with E-state index in [0.29, 0.717) is 5.56 Å². The zero-order valence-electron chi connectivity index (χ0n) is 8.32. The van der Waals surface area contributed by atoms with Crippen LogP contribution in [-0.2, 0) is 0 Å². The van der Waals surface area contributed by atoms with E-state index in [1.165, 1.54) is 0 Å². The van der Waals surface area contributed by atoms with Gasteiger partial charge in [0.25, 0.3) is 0 Å². The van der Waals surface area contributed by atoms with Crippen LogP contribution in [0.15, 0.2) is 18.5 Å². The Labute approximate surface area is 83.4 Å². The van der Waals surface area contributed by atoms with Gasteiger partial charge in [0.05, 0.1) is 12.0 Å². The molecule has 1 unspecified atom stereocenters. The maximum Gasteiger partial charge on any atom is 0.164 e. The molecule has 3 heteroatoms. The number of Topliss-reactive ketones (excluding diaryl/α,β-unsaturated/α-hetero) is 1. The van der Waals surface area contributed by atoms with Gasteiger partial charge >= 0.3 is 0 Å². The number of nitriles is 1. The zero-order valence-corrected chi connectivity index (χ0v) is 8.32. The summed E-state index contributed by atoms with van der Waals surface area (Å²) in [4.78, 5) is 15.6. The molecular formula is C11H12N2O. The van der Waals surface area contributed by atoms with E-state index in [9.17, 15) is 4.79 Å². The first-order chi connectivity index (χ1) is 6.65. The summed E-state index contributed by atoms with van der Waals surface area (Å²) in [5.41, 5.74) is 1.53. The summed E-state index contributed by atoms with van der Waals surface area (Å²) < 4.78 is 0. The van der Waals surface area contributed by atoms with Crippen molar-refractivity contribution in [2.75, 3.05) is 0 Å². The van der Waals surface area contributed by atoms with Gasteiger partial charge in [0, 0.05) is 24.4 Å². The summed E-state index contributed by atoms with van der Waals surface area (Å²) in [6, 6.07) is 3.74. The van der Waals surface area contributed by atoms with E-state index in [1.54, 1.807) is 25.4 Å². The van der Waals surface area contributed by atoms with Crippen LogP contribution in [0.25, 0.3) is 0 Å². The van der Waals surface area contributed by atoms with Gasteiger partial charge in [0.15, 0.2) is 5.78 Å². The van der Waals surface area contributed by atoms with Crippen LogP contribution in [0.4, 0.5) is 0 Å². The lowest BCUT2D eigenvalue weighted by molar-refractivity contribution is 0.0972. The molecule has 0 saturated carbocycles. The third-order valence-corrected chi connectivity index (χ3v) is 2.03. The minimum Gasteiger partial charge on any atom is -0.294 e. The van der Waals surface area contributed by atoms with E-state index in [4.69, 9.17) is 5.26 Å². The molecule has 14 heavy (non-hydrogen) atoms. The number of carbonyl (C=O) groups excluding carboxylic acids is 1. The summed E-state index contributed by atoms with van der Waals surface area (Å²) in [5, 5.41) is 8.59. The maximum atomic E-state index is 11.7. The van der Waals surface area contributed by atoms with Gasteiger partial charge in [-0.3, -0.25) is 9.78 Å². The fraction of sp³-hybridized carbons (Fsp3) is 0.364. The van der Waals surface area contributed by atoms with Gasteiger partial charge in [-0.25, -0.2) is 0 Å². The van der Waals surface area contributed by atoms with Crippen LogP contribution in [0, 0.1) is 24.2 Å². The van der Waals surface area contributed by atoms with Crippen molar-refractivity contribution in [3.05, 3.63) is 29.6 Å². The first-order valence-corrected chi connectivity index (χ1v) is 4.48. The Morgan fingerprint density at radius 1 is 1.71 bits per heavy atom. The van der Waals surface area contributed by atoms with Crippen molar-refractivity contribution >= 4 is 5.78 Å². The van der Waals surface area contributed by atoms with E-state index < -0.39 is 0 Å². The van der Waals surface area contributed by atoms with Crippen molar-refractivity contribution < 1.29 is 4.79 Å². The Morgan fingerprint density at radius 2 is 2.43 bits per heavy atom. The van der Waals surface area contributed by atoms with Crippen molar-refractivity contribution in [3.8, 4) is 6.07 Å². The van der Waals surface area contributed by atoms with Gasteiger partial charge in [-0.15, -0.1) is 0 Å². The number of ketones is 1. The van der Waals surface area contributed by atoms with Crippen molar-refractivity contribution in [1.29, 1.82) is 5.26 Å². The summed E-state index contributed by atoms with van der Waals surface area (Å²) in [7, 11) is 0. The molecule has 1 aromatic rings. The van der Waals surface area contributed by atoms with Gasteiger partial charge in [-0.1, -0.05) is 0 Å². The van der Waals surface area contributed by atoms with E-state index in [0.717, 1.165) is 5.56 Å². The van der Waals surface area contributed by atoms with Crippen molar-refractivity contribution in [2.45, 2.75) is 20.3 Å². The predicted octanol–water partition coefficient (Wildman–Crippen LogP) is 2.12. The standard InChI is InChI=1S/C11H12N2O/c1-8(6-12)5-11(14)10-3-4-13-7-9(10)2/h3-4,7-8H,5H2,1-2H3. The van der Waals surface area contributed by atoms with E-state index in [2.05, 4.69) is 4.98 Å². The molecule has 0 radical (unpaired) electrons. The van der Waals surface area contributed by atoms with Crippen LogP contribution in [0.2, 0.25) is 0 Å². The topological polar surface area (TPSA) is 53.8 Å². The van der Waals surface area contributed by atoms with Crippen LogP contribution in [-0.4, -0.2) is 10.8 Å². The van der Waals surface area contributed by atoms with Gasteiger partial charge in [0.2, 0.25) is 0 Å². The first-order valence-electron chi connectivity index (χ1n) is 4.48. The summed E-state index contributed by atoms with van der Waals surface area (Å²) in [6.07, 6.45) is 3.53. The number of aryl methyl sites for hydroxylation is 1. The normalized spacial score (nSPS) is 11.8. The smallest absolute Gasteiger partial charge is 0.164 e. The zero-order chi connectivity index (χ0) is 10.6. The second-order valence-corrected chi connectivity index (χ2v) is 3.35. The monoisotopic (exact) mass is 188 g/mol. The molecule has 0 saturated heterocycles. The molecule has 0 amide bonds. The minimum absolute atomic E-state index is 0.0129. The Hall–Kier alpha value is -1.69. The molecule has 0 fully saturated rings. The molecular weight excluding hydrogens is 176 g/mol. The molecule has 0 aliphatic heterocycles. The molecule has 0 N–H and O–H groups in total. The molecule has 72 valence electrons. The van der Waals surface area contributed by atoms with Crippen LogP contribution >= 0.6 is 0 Å². The highest BCUT2D eigenvalue weighted by Gasteiger charge is 2.12. The Balaban J connectivity index is 2.81. The lowest BCUT2D eigenvalue weighted by Crippen LogP contribution is -2.06. The fourth-order valence-corrected chi connectivity index (χ4v) is 1.22. The SMILES string of the molecule is Cc1cnccc1C(=O)CC(C)C#N. The molecule has 1 aromatic heterocycles. The minimum atomic E-state index is -0.227. The molecule has 3 nitrogen and oxygen atoms in total. The number of rotatable bonds is 3. The summed E-state index contributed by atoms with van der Waals surface area (Å²) in [6.45, 7) is 3.59. The third-order valence-electron chi connectivity index (χ3n) is 2.03. The number of aromatic nitrogens is 1. The average molecular weight is 188 g/mol. The quantitative estimate of drug-likeness (QED) is 0.683. The van der Waals surface area contributed by atoms with Crippen molar-refractivity contribution in [2.24, 2.45) is 5.92 Å². The Kier molecular flexibility index (Phi) is 3.35. The van der Waals surface area contributed by atoms with Crippen molar-refractivity contribution in [3.63, 3.8) is 0 Å². The lowest BCUT2D eigenvalue weighted by Gasteiger charge is -2.04. The van der Waals surface area contributed by atoms with E-state index in [1.807, 2.05) is 13.0 Å². The average Bonchev–Trinajstić information content (AvgIpc) is 2.18. The number of hydrogen-bond acceptors (Lipinski definition) is 3. The van der Waals surface area contributed by atoms with E-state index in [-0.39, 0.29) is 18.1 Å². The predicted molar refractivity (Wildman–Crippen MR) is 52.7 cm³/mol. The molecule has 0 aliphatic carbocycles. The largest absolute Gasteiger partial charge is 0.294 e.